The Morgan fingerprint density at radius 3 is 2.53 bits per heavy atom. The molecule has 1 unspecified atom stereocenters. The van der Waals surface area contributed by atoms with Crippen molar-refractivity contribution >= 4 is 15.9 Å². The van der Waals surface area contributed by atoms with Crippen LogP contribution in [0.15, 0.2) is 39.4 Å². The molecular formula is C14H15BrO4. The average molecular weight is 327 g/mol. The molecule has 4 nitrogen and oxygen atoms in total. The molecule has 0 saturated carbocycles. The minimum absolute atomic E-state index is 0.404. The molecule has 1 heterocycles. The van der Waals surface area contributed by atoms with E-state index in [1.807, 2.05) is 6.07 Å². The molecule has 0 radical (unpaired) electrons. The van der Waals surface area contributed by atoms with Crippen LogP contribution in [0.25, 0.3) is 0 Å². The van der Waals surface area contributed by atoms with E-state index in [2.05, 4.69) is 15.9 Å². The second-order valence-electron chi connectivity index (χ2n) is 4.03. The van der Waals surface area contributed by atoms with Gasteiger partial charge in [0.1, 0.15) is 5.76 Å². The largest absolute Gasteiger partial charge is 0.493 e. The lowest BCUT2D eigenvalue weighted by Gasteiger charge is -2.15. The van der Waals surface area contributed by atoms with Crippen molar-refractivity contribution in [1.29, 1.82) is 0 Å². The molecule has 19 heavy (non-hydrogen) atoms. The summed E-state index contributed by atoms with van der Waals surface area (Å²) in [6, 6.07) is 7.17. The monoisotopic (exact) mass is 326 g/mol. The molecule has 0 aliphatic heterocycles. The number of aliphatic hydroxyl groups excluding tert-OH is 1. The number of furan rings is 1. The topological polar surface area (TPSA) is 51.8 Å². The third kappa shape index (κ3) is 3.11. The SMILES string of the molecule is COc1cc(Br)c(C(O)Cc2ccco2)cc1OC. The molecule has 0 aliphatic rings. The number of ether oxygens (including phenoxy) is 2. The quantitative estimate of drug-likeness (QED) is 0.915. The first-order valence-electron chi connectivity index (χ1n) is 5.77. The summed E-state index contributed by atoms with van der Waals surface area (Å²) in [5.41, 5.74) is 0.731. The first-order chi connectivity index (χ1) is 9.15. The van der Waals surface area contributed by atoms with Crippen LogP contribution < -0.4 is 9.47 Å². The van der Waals surface area contributed by atoms with Crippen LogP contribution in [0.5, 0.6) is 11.5 Å². The van der Waals surface area contributed by atoms with Crippen molar-refractivity contribution in [3.05, 3.63) is 46.3 Å². The Hall–Kier alpha value is -1.46. The highest BCUT2D eigenvalue weighted by atomic mass is 79.9. The van der Waals surface area contributed by atoms with Crippen LogP contribution in [0, 0.1) is 0 Å². The normalized spacial score (nSPS) is 12.2. The van der Waals surface area contributed by atoms with Gasteiger partial charge in [-0.2, -0.15) is 0 Å². The van der Waals surface area contributed by atoms with Gasteiger partial charge < -0.3 is 19.0 Å². The number of methoxy groups -OCH3 is 2. The fraction of sp³-hybridized carbons (Fsp3) is 0.286. The molecule has 1 atom stereocenters. The summed E-state index contributed by atoms with van der Waals surface area (Å²) in [5.74, 6) is 1.93. The molecule has 5 heteroatoms. The molecular weight excluding hydrogens is 312 g/mol. The minimum Gasteiger partial charge on any atom is -0.493 e. The molecule has 0 aliphatic carbocycles. The predicted molar refractivity (Wildman–Crippen MR) is 74.6 cm³/mol. The summed E-state index contributed by atoms with van der Waals surface area (Å²) in [6.07, 6.45) is 1.31. The third-order valence-corrected chi connectivity index (χ3v) is 3.52. The number of aliphatic hydroxyl groups is 1. The summed E-state index contributed by atoms with van der Waals surface area (Å²) in [4.78, 5) is 0. The highest BCUT2D eigenvalue weighted by molar-refractivity contribution is 9.10. The van der Waals surface area contributed by atoms with Crippen LogP contribution in [0.4, 0.5) is 0 Å². The molecule has 102 valence electrons. The van der Waals surface area contributed by atoms with E-state index < -0.39 is 6.10 Å². The molecule has 1 aromatic carbocycles. The van der Waals surface area contributed by atoms with Gasteiger partial charge in [-0.15, -0.1) is 0 Å². The Balaban J connectivity index is 2.28. The lowest BCUT2D eigenvalue weighted by molar-refractivity contribution is 0.169. The van der Waals surface area contributed by atoms with Gasteiger partial charge in [0.25, 0.3) is 0 Å². The van der Waals surface area contributed by atoms with Crippen LogP contribution in [0.3, 0.4) is 0 Å². The zero-order chi connectivity index (χ0) is 13.8. The second-order valence-corrected chi connectivity index (χ2v) is 4.88. The highest BCUT2D eigenvalue weighted by Gasteiger charge is 2.17. The van der Waals surface area contributed by atoms with Crippen LogP contribution in [0.1, 0.15) is 17.4 Å². The Bertz CT molecular complexity index is 537. The fourth-order valence-electron chi connectivity index (χ4n) is 1.85. The maximum Gasteiger partial charge on any atom is 0.161 e. The fourth-order valence-corrected chi connectivity index (χ4v) is 2.44. The van der Waals surface area contributed by atoms with Crippen LogP contribution in [0.2, 0.25) is 0 Å². The number of halogens is 1. The van der Waals surface area contributed by atoms with Gasteiger partial charge in [-0.25, -0.2) is 0 Å². The first-order valence-corrected chi connectivity index (χ1v) is 6.57. The van der Waals surface area contributed by atoms with Gasteiger partial charge in [0, 0.05) is 10.9 Å². The van der Waals surface area contributed by atoms with E-state index in [1.54, 1.807) is 38.7 Å². The van der Waals surface area contributed by atoms with Gasteiger partial charge in [-0.1, -0.05) is 15.9 Å². The zero-order valence-electron chi connectivity index (χ0n) is 10.7. The zero-order valence-corrected chi connectivity index (χ0v) is 12.3. The lowest BCUT2D eigenvalue weighted by Crippen LogP contribution is -2.03. The van der Waals surface area contributed by atoms with E-state index in [9.17, 15) is 5.11 Å². The smallest absolute Gasteiger partial charge is 0.161 e. The molecule has 0 amide bonds. The predicted octanol–water partition coefficient (Wildman–Crippen LogP) is 3.34. The average Bonchev–Trinajstić information content (AvgIpc) is 2.90. The lowest BCUT2D eigenvalue weighted by atomic mass is 10.0. The van der Waals surface area contributed by atoms with Crippen molar-refractivity contribution in [2.45, 2.75) is 12.5 Å². The summed E-state index contributed by atoms with van der Waals surface area (Å²) in [5, 5.41) is 10.3. The maximum absolute atomic E-state index is 10.3. The summed E-state index contributed by atoms with van der Waals surface area (Å²) >= 11 is 3.43. The number of benzene rings is 1. The van der Waals surface area contributed by atoms with Crippen LogP contribution in [-0.4, -0.2) is 19.3 Å². The molecule has 0 saturated heterocycles. The van der Waals surface area contributed by atoms with Gasteiger partial charge in [0.15, 0.2) is 11.5 Å². The van der Waals surface area contributed by atoms with Gasteiger partial charge in [-0.05, 0) is 29.8 Å². The Morgan fingerprint density at radius 2 is 1.95 bits per heavy atom. The van der Waals surface area contributed by atoms with Crippen molar-refractivity contribution in [2.75, 3.05) is 14.2 Å². The number of rotatable bonds is 5. The maximum atomic E-state index is 10.3. The van der Waals surface area contributed by atoms with E-state index in [-0.39, 0.29) is 0 Å². The van der Waals surface area contributed by atoms with Gasteiger partial charge in [-0.3, -0.25) is 0 Å². The van der Waals surface area contributed by atoms with Crippen molar-refractivity contribution < 1.29 is 19.0 Å². The molecule has 0 fully saturated rings. The van der Waals surface area contributed by atoms with Gasteiger partial charge in [0.05, 0.1) is 26.6 Å². The van der Waals surface area contributed by atoms with Crippen molar-refractivity contribution in [3.8, 4) is 11.5 Å². The van der Waals surface area contributed by atoms with Gasteiger partial charge in [0.2, 0.25) is 0 Å². The minimum atomic E-state index is -0.680. The number of hydrogen-bond donors (Lipinski definition) is 1. The Morgan fingerprint density at radius 1 is 1.26 bits per heavy atom. The molecule has 1 aromatic heterocycles. The van der Waals surface area contributed by atoms with Gasteiger partial charge >= 0.3 is 0 Å². The Kier molecular flexibility index (Phi) is 4.50. The standard InChI is InChI=1S/C14H15BrO4/c1-17-13-7-10(11(15)8-14(13)18-2)12(16)6-9-4-3-5-19-9/h3-5,7-8,12,16H,6H2,1-2H3. The van der Waals surface area contributed by atoms with E-state index >= 15 is 0 Å². The van der Waals surface area contributed by atoms with Crippen molar-refractivity contribution in [2.24, 2.45) is 0 Å². The third-order valence-electron chi connectivity index (χ3n) is 2.84. The molecule has 0 bridgehead atoms. The number of hydrogen-bond acceptors (Lipinski definition) is 4. The molecule has 2 aromatic rings. The van der Waals surface area contributed by atoms with Crippen molar-refractivity contribution in [3.63, 3.8) is 0 Å². The van der Waals surface area contributed by atoms with E-state index in [1.165, 1.54) is 0 Å². The summed E-state index contributed by atoms with van der Waals surface area (Å²) in [7, 11) is 3.14. The van der Waals surface area contributed by atoms with Crippen LogP contribution in [-0.2, 0) is 6.42 Å². The summed E-state index contributed by atoms with van der Waals surface area (Å²) in [6.45, 7) is 0. The van der Waals surface area contributed by atoms with E-state index in [4.69, 9.17) is 13.9 Å². The molecule has 0 spiro atoms. The Labute approximate surface area is 120 Å². The van der Waals surface area contributed by atoms with E-state index in [0.29, 0.717) is 17.9 Å². The van der Waals surface area contributed by atoms with Crippen LogP contribution >= 0.6 is 15.9 Å². The van der Waals surface area contributed by atoms with Crippen molar-refractivity contribution in [1.82, 2.24) is 0 Å². The first kappa shape index (κ1) is 14.0. The summed E-state index contributed by atoms with van der Waals surface area (Å²) < 4.78 is 16.4. The second kappa shape index (κ2) is 6.12. The molecule has 1 N–H and O–H groups in total. The highest BCUT2D eigenvalue weighted by Crippen LogP contribution is 2.36. The van der Waals surface area contributed by atoms with E-state index in [0.717, 1.165) is 15.8 Å². The molecule has 2 rings (SSSR count).